The zero-order valence-corrected chi connectivity index (χ0v) is 14.2. The second-order valence-corrected chi connectivity index (χ2v) is 5.64. The lowest BCUT2D eigenvalue weighted by atomic mass is 10.1. The maximum atomic E-state index is 12.7. The van der Waals surface area contributed by atoms with Gasteiger partial charge in [-0.15, -0.1) is 0 Å². The van der Waals surface area contributed by atoms with Crippen LogP contribution < -0.4 is 10.2 Å². The first kappa shape index (κ1) is 18.8. The quantitative estimate of drug-likeness (QED) is 0.817. The van der Waals surface area contributed by atoms with Gasteiger partial charge in [-0.25, -0.2) is 0 Å². The number of nitrogens with zero attached hydrogens (tertiary/aromatic N) is 1. The van der Waals surface area contributed by atoms with Gasteiger partial charge in [0.2, 0.25) is 5.91 Å². The van der Waals surface area contributed by atoms with Gasteiger partial charge in [0.25, 0.3) is 0 Å². The smallest absolute Gasteiger partial charge is 0.372 e. The van der Waals surface area contributed by atoms with Crippen LogP contribution in [0.3, 0.4) is 0 Å². The molecule has 1 amide bonds. The Morgan fingerprint density at radius 3 is 2.24 bits per heavy atom. The molecule has 0 heterocycles. The van der Waals surface area contributed by atoms with Gasteiger partial charge in [0, 0.05) is 24.5 Å². The summed E-state index contributed by atoms with van der Waals surface area (Å²) < 4.78 is 38.1. The first-order valence-corrected chi connectivity index (χ1v) is 8.14. The maximum Gasteiger partial charge on any atom is 0.416 e. The van der Waals surface area contributed by atoms with Crippen LogP contribution in [-0.4, -0.2) is 19.0 Å². The molecule has 2 rings (SSSR count). The summed E-state index contributed by atoms with van der Waals surface area (Å²) in [6, 6.07) is 12.2. The number of amides is 1. The molecular formula is C19H21F3N2O. The molecule has 0 aromatic heterocycles. The minimum Gasteiger partial charge on any atom is -0.372 e. The highest BCUT2D eigenvalue weighted by Crippen LogP contribution is 2.29. The zero-order valence-electron chi connectivity index (χ0n) is 14.2. The van der Waals surface area contributed by atoms with E-state index < -0.39 is 11.7 Å². The van der Waals surface area contributed by atoms with E-state index in [2.05, 4.69) is 24.1 Å². The number of hydrogen-bond acceptors (Lipinski definition) is 2. The summed E-state index contributed by atoms with van der Waals surface area (Å²) in [6.07, 6.45) is -4.52. The lowest BCUT2D eigenvalue weighted by molar-refractivity contribution is -0.137. The molecule has 0 aliphatic rings. The van der Waals surface area contributed by atoms with Crippen LogP contribution in [0.5, 0.6) is 0 Å². The normalized spacial score (nSPS) is 11.2. The summed E-state index contributed by atoms with van der Waals surface area (Å²) in [4.78, 5) is 14.2. The van der Waals surface area contributed by atoms with E-state index in [1.165, 1.54) is 12.1 Å². The van der Waals surface area contributed by atoms with Gasteiger partial charge in [0.1, 0.15) is 0 Å². The van der Waals surface area contributed by atoms with Crippen molar-refractivity contribution in [1.82, 2.24) is 0 Å². The minimum absolute atomic E-state index is 0.109. The van der Waals surface area contributed by atoms with E-state index >= 15 is 0 Å². The van der Waals surface area contributed by atoms with Crippen molar-refractivity contribution in [1.29, 1.82) is 0 Å². The Balaban J connectivity index is 2.01. The predicted octanol–water partition coefficient (Wildman–Crippen LogP) is 4.73. The lowest BCUT2D eigenvalue weighted by Gasteiger charge is -2.21. The van der Waals surface area contributed by atoms with E-state index in [0.29, 0.717) is 11.3 Å². The third-order valence-electron chi connectivity index (χ3n) is 3.90. The standard InChI is InChI=1S/C19H21F3N2O/c1-3-24(4-2)17-10-8-16(9-11-17)23-18(25)13-14-6-5-7-15(12-14)19(20,21)22/h5-12H,3-4,13H2,1-2H3,(H,23,25). The van der Waals surface area contributed by atoms with Gasteiger partial charge in [-0.1, -0.05) is 18.2 Å². The van der Waals surface area contributed by atoms with Crippen molar-refractivity contribution in [3.05, 3.63) is 59.7 Å². The van der Waals surface area contributed by atoms with Gasteiger partial charge in [-0.3, -0.25) is 4.79 Å². The molecule has 0 saturated carbocycles. The number of hydrogen-bond donors (Lipinski definition) is 1. The monoisotopic (exact) mass is 350 g/mol. The molecule has 0 aliphatic heterocycles. The Hall–Kier alpha value is -2.50. The number of nitrogens with one attached hydrogen (secondary N) is 1. The Morgan fingerprint density at radius 2 is 1.68 bits per heavy atom. The number of halogens is 3. The SMILES string of the molecule is CCN(CC)c1ccc(NC(=O)Cc2cccc(C(F)(F)F)c2)cc1. The highest BCUT2D eigenvalue weighted by atomic mass is 19.4. The largest absolute Gasteiger partial charge is 0.416 e. The molecule has 1 N–H and O–H groups in total. The molecule has 0 spiro atoms. The molecule has 0 radical (unpaired) electrons. The summed E-state index contributed by atoms with van der Waals surface area (Å²) in [7, 11) is 0. The number of carbonyl (C=O) groups excluding carboxylic acids is 1. The molecule has 3 nitrogen and oxygen atoms in total. The average Bonchev–Trinajstić information content (AvgIpc) is 2.57. The minimum atomic E-state index is -4.41. The van der Waals surface area contributed by atoms with E-state index in [1.807, 2.05) is 12.1 Å². The molecule has 6 heteroatoms. The van der Waals surface area contributed by atoms with Gasteiger partial charge in [-0.05, 0) is 49.7 Å². The van der Waals surface area contributed by atoms with Crippen molar-refractivity contribution in [2.45, 2.75) is 26.4 Å². The van der Waals surface area contributed by atoms with Gasteiger partial charge in [0.15, 0.2) is 0 Å². The number of rotatable bonds is 6. The first-order chi connectivity index (χ1) is 11.8. The molecule has 0 aliphatic carbocycles. The Labute approximate surface area is 145 Å². The molecule has 25 heavy (non-hydrogen) atoms. The van der Waals surface area contributed by atoms with Crippen LogP contribution >= 0.6 is 0 Å². The highest BCUT2D eigenvalue weighted by Gasteiger charge is 2.30. The molecule has 134 valence electrons. The zero-order chi connectivity index (χ0) is 18.4. The molecular weight excluding hydrogens is 329 g/mol. The van der Waals surface area contributed by atoms with Gasteiger partial charge < -0.3 is 10.2 Å². The van der Waals surface area contributed by atoms with Crippen LogP contribution in [0.1, 0.15) is 25.0 Å². The van der Waals surface area contributed by atoms with Crippen molar-refractivity contribution < 1.29 is 18.0 Å². The number of anilines is 2. The fourth-order valence-corrected chi connectivity index (χ4v) is 2.59. The van der Waals surface area contributed by atoms with Crippen molar-refractivity contribution in [3.63, 3.8) is 0 Å². The molecule has 0 unspecified atom stereocenters. The second kappa shape index (κ2) is 8.05. The Bertz CT molecular complexity index is 707. The highest BCUT2D eigenvalue weighted by molar-refractivity contribution is 5.92. The summed E-state index contributed by atoms with van der Waals surface area (Å²) in [5.74, 6) is -0.352. The van der Waals surface area contributed by atoms with Crippen molar-refractivity contribution in [2.24, 2.45) is 0 Å². The fraction of sp³-hybridized carbons (Fsp3) is 0.316. The second-order valence-electron chi connectivity index (χ2n) is 5.64. The Kier molecular flexibility index (Phi) is 6.07. The molecule has 0 saturated heterocycles. The van der Waals surface area contributed by atoms with Gasteiger partial charge in [-0.2, -0.15) is 13.2 Å². The van der Waals surface area contributed by atoms with Crippen LogP contribution in [0, 0.1) is 0 Å². The van der Waals surface area contributed by atoms with Crippen LogP contribution in [0.4, 0.5) is 24.5 Å². The number of carbonyl (C=O) groups is 1. The van der Waals surface area contributed by atoms with Crippen LogP contribution in [-0.2, 0) is 17.4 Å². The van der Waals surface area contributed by atoms with Crippen LogP contribution in [0.2, 0.25) is 0 Å². The van der Waals surface area contributed by atoms with E-state index in [1.54, 1.807) is 12.1 Å². The fourth-order valence-electron chi connectivity index (χ4n) is 2.59. The van der Waals surface area contributed by atoms with Crippen molar-refractivity contribution in [2.75, 3.05) is 23.3 Å². The van der Waals surface area contributed by atoms with E-state index in [9.17, 15) is 18.0 Å². The summed E-state index contributed by atoms with van der Waals surface area (Å²) >= 11 is 0. The molecule has 2 aromatic rings. The molecule has 2 aromatic carbocycles. The summed E-state index contributed by atoms with van der Waals surface area (Å²) in [6.45, 7) is 5.90. The van der Waals surface area contributed by atoms with Crippen molar-refractivity contribution in [3.8, 4) is 0 Å². The average molecular weight is 350 g/mol. The van der Waals surface area contributed by atoms with Crippen LogP contribution in [0.15, 0.2) is 48.5 Å². The van der Waals surface area contributed by atoms with E-state index in [0.717, 1.165) is 30.9 Å². The molecule has 0 fully saturated rings. The van der Waals surface area contributed by atoms with E-state index in [-0.39, 0.29) is 12.3 Å². The van der Waals surface area contributed by atoms with Gasteiger partial charge in [0.05, 0.1) is 12.0 Å². The maximum absolute atomic E-state index is 12.7. The topological polar surface area (TPSA) is 32.3 Å². The van der Waals surface area contributed by atoms with Crippen molar-refractivity contribution >= 4 is 17.3 Å². The molecule has 0 bridgehead atoms. The lowest BCUT2D eigenvalue weighted by Crippen LogP contribution is -2.21. The number of alkyl halides is 3. The summed E-state index contributed by atoms with van der Waals surface area (Å²) in [5, 5.41) is 2.71. The van der Waals surface area contributed by atoms with Gasteiger partial charge >= 0.3 is 6.18 Å². The summed E-state index contributed by atoms with van der Waals surface area (Å²) in [5.41, 5.74) is 1.25. The predicted molar refractivity (Wildman–Crippen MR) is 93.8 cm³/mol. The number of benzene rings is 2. The third-order valence-corrected chi connectivity index (χ3v) is 3.90. The van der Waals surface area contributed by atoms with Crippen LogP contribution in [0.25, 0.3) is 0 Å². The Morgan fingerprint density at radius 1 is 1.04 bits per heavy atom. The first-order valence-electron chi connectivity index (χ1n) is 8.14. The molecule has 0 atom stereocenters. The third kappa shape index (κ3) is 5.24. The van der Waals surface area contributed by atoms with E-state index in [4.69, 9.17) is 0 Å².